The molecular formula is C13H24N4O. The van der Waals surface area contributed by atoms with Crippen LogP contribution in [0.2, 0.25) is 0 Å². The summed E-state index contributed by atoms with van der Waals surface area (Å²) >= 11 is 0. The van der Waals surface area contributed by atoms with Gasteiger partial charge in [-0.05, 0) is 18.3 Å². The van der Waals surface area contributed by atoms with Gasteiger partial charge in [-0.1, -0.05) is 20.8 Å². The minimum Gasteiger partial charge on any atom is -0.394 e. The molecule has 102 valence electrons. The van der Waals surface area contributed by atoms with Crippen molar-refractivity contribution in [3.63, 3.8) is 0 Å². The van der Waals surface area contributed by atoms with Gasteiger partial charge in [0.1, 0.15) is 5.82 Å². The highest BCUT2D eigenvalue weighted by Gasteiger charge is 2.25. The molecule has 0 aliphatic carbocycles. The average molecular weight is 252 g/mol. The Hall–Kier alpha value is -1.23. The molecule has 5 heteroatoms. The molecule has 3 N–H and O–H groups in total. The van der Waals surface area contributed by atoms with Crippen LogP contribution in [0.1, 0.15) is 38.8 Å². The topological polar surface area (TPSA) is 65.1 Å². The second-order valence-electron chi connectivity index (χ2n) is 5.52. The average Bonchev–Trinajstić information content (AvgIpc) is 2.60. The summed E-state index contributed by atoms with van der Waals surface area (Å²) in [4.78, 5) is 0. The highest BCUT2D eigenvalue weighted by molar-refractivity contribution is 5.66. The Morgan fingerprint density at radius 3 is 2.78 bits per heavy atom. The molecule has 1 aromatic rings. The van der Waals surface area contributed by atoms with E-state index in [2.05, 4.69) is 31.2 Å². The molecule has 1 saturated heterocycles. The van der Waals surface area contributed by atoms with Crippen LogP contribution in [0, 0.1) is 5.92 Å². The maximum absolute atomic E-state index is 6.19. The second-order valence-corrected chi connectivity index (χ2v) is 5.52. The van der Waals surface area contributed by atoms with E-state index >= 15 is 0 Å². The highest BCUT2D eigenvalue weighted by atomic mass is 16.5. The molecule has 0 aromatic carbocycles. The summed E-state index contributed by atoms with van der Waals surface area (Å²) < 4.78 is 7.31. The Bertz CT molecular complexity index is 413. The Balaban J connectivity index is 2.18. The molecule has 0 radical (unpaired) electrons. The fourth-order valence-corrected chi connectivity index (χ4v) is 2.43. The number of nitrogens with zero attached hydrogens (tertiary/aromatic N) is 2. The van der Waals surface area contributed by atoms with E-state index in [9.17, 15) is 0 Å². The number of nitrogens with one attached hydrogen (secondary N) is 1. The zero-order valence-electron chi connectivity index (χ0n) is 11.7. The normalized spacial score (nSPS) is 24.5. The van der Waals surface area contributed by atoms with E-state index in [4.69, 9.17) is 10.5 Å². The smallest absolute Gasteiger partial charge is 0.148 e. The van der Waals surface area contributed by atoms with Crippen molar-refractivity contribution in [2.24, 2.45) is 13.0 Å². The van der Waals surface area contributed by atoms with E-state index in [-0.39, 0.29) is 0 Å². The summed E-state index contributed by atoms with van der Waals surface area (Å²) in [5.74, 6) is 1.78. The number of aryl methyl sites for hydroxylation is 1. The fraction of sp³-hybridized carbons (Fsp3) is 0.769. The van der Waals surface area contributed by atoms with E-state index in [1.807, 2.05) is 11.7 Å². The summed E-state index contributed by atoms with van der Waals surface area (Å²) in [5, 5.41) is 8.04. The van der Waals surface area contributed by atoms with Crippen LogP contribution in [0.3, 0.4) is 0 Å². The SMILES string of the molecule is CC(C)c1nn(C)c(NC2CCOCC2C)c1N. The van der Waals surface area contributed by atoms with E-state index < -0.39 is 0 Å². The first-order valence-corrected chi connectivity index (χ1v) is 6.67. The minimum atomic E-state index is 0.346. The van der Waals surface area contributed by atoms with Gasteiger partial charge in [0, 0.05) is 19.7 Å². The lowest BCUT2D eigenvalue weighted by atomic mass is 9.98. The van der Waals surface area contributed by atoms with Gasteiger partial charge in [-0.3, -0.25) is 4.68 Å². The van der Waals surface area contributed by atoms with Gasteiger partial charge in [0.15, 0.2) is 0 Å². The molecule has 0 amide bonds. The first-order chi connectivity index (χ1) is 8.50. The lowest BCUT2D eigenvalue weighted by molar-refractivity contribution is 0.0536. The molecule has 1 aromatic heterocycles. The van der Waals surface area contributed by atoms with Gasteiger partial charge in [-0.15, -0.1) is 0 Å². The number of nitrogen functional groups attached to an aromatic ring is 1. The van der Waals surface area contributed by atoms with Gasteiger partial charge in [-0.2, -0.15) is 5.10 Å². The van der Waals surface area contributed by atoms with Crippen LogP contribution < -0.4 is 11.1 Å². The zero-order chi connectivity index (χ0) is 13.3. The van der Waals surface area contributed by atoms with Gasteiger partial charge >= 0.3 is 0 Å². The molecule has 2 rings (SSSR count). The van der Waals surface area contributed by atoms with Crippen molar-refractivity contribution in [2.75, 3.05) is 24.3 Å². The van der Waals surface area contributed by atoms with Crippen LogP contribution in [0.5, 0.6) is 0 Å². The molecule has 2 unspecified atom stereocenters. The molecule has 2 heterocycles. The Kier molecular flexibility index (Phi) is 3.80. The number of hydrogen-bond donors (Lipinski definition) is 2. The van der Waals surface area contributed by atoms with Crippen LogP contribution in [0.15, 0.2) is 0 Å². The third-order valence-electron chi connectivity index (χ3n) is 3.62. The molecule has 0 saturated carbocycles. The molecule has 0 spiro atoms. The number of rotatable bonds is 3. The Morgan fingerprint density at radius 1 is 1.50 bits per heavy atom. The maximum atomic E-state index is 6.19. The molecule has 0 bridgehead atoms. The van der Waals surface area contributed by atoms with Crippen LogP contribution in [-0.4, -0.2) is 29.0 Å². The number of aromatic nitrogens is 2. The van der Waals surface area contributed by atoms with Crippen molar-refractivity contribution in [1.82, 2.24) is 9.78 Å². The van der Waals surface area contributed by atoms with E-state index in [0.29, 0.717) is 17.9 Å². The van der Waals surface area contributed by atoms with Gasteiger partial charge in [-0.25, -0.2) is 0 Å². The quantitative estimate of drug-likeness (QED) is 0.863. The zero-order valence-corrected chi connectivity index (χ0v) is 11.7. The summed E-state index contributed by atoms with van der Waals surface area (Å²) in [6.07, 6.45) is 1.02. The predicted octanol–water partition coefficient (Wildman–Crippen LogP) is 1.96. The largest absolute Gasteiger partial charge is 0.394 e. The third-order valence-corrected chi connectivity index (χ3v) is 3.62. The number of anilines is 2. The van der Waals surface area contributed by atoms with Crippen LogP contribution in [0.25, 0.3) is 0 Å². The summed E-state index contributed by atoms with van der Waals surface area (Å²) in [6.45, 7) is 8.05. The number of hydrogen-bond acceptors (Lipinski definition) is 4. The lowest BCUT2D eigenvalue weighted by Crippen LogP contribution is -2.36. The van der Waals surface area contributed by atoms with Crippen LogP contribution >= 0.6 is 0 Å². The monoisotopic (exact) mass is 252 g/mol. The highest BCUT2D eigenvalue weighted by Crippen LogP contribution is 2.30. The Morgan fingerprint density at radius 2 is 2.22 bits per heavy atom. The van der Waals surface area contributed by atoms with Gasteiger partial charge in [0.05, 0.1) is 18.0 Å². The first-order valence-electron chi connectivity index (χ1n) is 6.67. The molecule has 2 atom stereocenters. The van der Waals surface area contributed by atoms with Gasteiger partial charge in [0.25, 0.3) is 0 Å². The molecule has 1 fully saturated rings. The van der Waals surface area contributed by atoms with Crippen molar-refractivity contribution in [1.29, 1.82) is 0 Å². The molecule has 1 aliphatic heterocycles. The number of nitrogens with two attached hydrogens (primary N) is 1. The molecule has 1 aliphatic rings. The van der Waals surface area contributed by atoms with E-state index in [0.717, 1.165) is 36.8 Å². The van der Waals surface area contributed by atoms with Crippen molar-refractivity contribution in [3.05, 3.63) is 5.69 Å². The fourth-order valence-electron chi connectivity index (χ4n) is 2.43. The molecular weight excluding hydrogens is 228 g/mol. The Labute approximate surface area is 109 Å². The second kappa shape index (κ2) is 5.18. The summed E-state index contributed by atoms with van der Waals surface area (Å²) in [7, 11) is 1.94. The van der Waals surface area contributed by atoms with Gasteiger partial charge < -0.3 is 15.8 Å². The van der Waals surface area contributed by atoms with Crippen molar-refractivity contribution < 1.29 is 4.74 Å². The summed E-state index contributed by atoms with van der Waals surface area (Å²) in [5.41, 5.74) is 7.95. The number of ether oxygens (including phenoxy) is 1. The van der Waals surface area contributed by atoms with Crippen LogP contribution in [-0.2, 0) is 11.8 Å². The predicted molar refractivity (Wildman–Crippen MR) is 73.7 cm³/mol. The molecule has 18 heavy (non-hydrogen) atoms. The summed E-state index contributed by atoms with van der Waals surface area (Å²) in [6, 6.07) is 0.413. The van der Waals surface area contributed by atoms with Crippen LogP contribution in [0.4, 0.5) is 11.5 Å². The van der Waals surface area contributed by atoms with Gasteiger partial charge in [0.2, 0.25) is 0 Å². The molecule has 5 nitrogen and oxygen atoms in total. The first kappa shape index (κ1) is 13.2. The van der Waals surface area contributed by atoms with E-state index in [1.54, 1.807) is 0 Å². The van der Waals surface area contributed by atoms with Crippen molar-refractivity contribution in [3.8, 4) is 0 Å². The van der Waals surface area contributed by atoms with Crippen molar-refractivity contribution in [2.45, 2.75) is 39.2 Å². The maximum Gasteiger partial charge on any atom is 0.148 e. The lowest BCUT2D eigenvalue weighted by Gasteiger charge is -2.30. The van der Waals surface area contributed by atoms with Crippen molar-refractivity contribution >= 4 is 11.5 Å². The van der Waals surface area contributed by atoms with E-state index in [1.165, 1.54) is 0 Å². The standard InChI is InChI=1S/C13H24N4O/c1-8(2)12-11(14)13(17(4)16-12)15-10-5-6-18-7-9(10)3/h8-10,15H,5-7,14H2,1-4H3. The third kappa shape index (κ3) is 2.46. The minimum absolute atomic E-state index is 0.346.